The predicted octanol–water partition coefficient (Wildman–Crippen LogP) is 3.43. The van der Waals surface area contributed by atoms with Crippen LogP contribution in [0.25, 0.3) is 10.8 Å². The Balaban J connectivity index is 2.72. The molecule has 0 aliphatic rings. The van der Waals surface area contributed by atoms with Crippen molar-refractivity contribution in [1.82, 2.24) is 4.98 Å². The lowest BCUT2D eigenvalue weighted by atomic mass is 10.0. The van der Waals surface area contributed by atoms with E-state index in [-0.39, 0.29) is 0 Å². The number of anilines is 2. The molecule has 1 heterocycles. The topological polar surface area (TPSA) is 28.2 Å². The second-order valence-electron chi connectivity index (χ2n) is 5.19. The first kappa shape index (κ1) is 12.7. The minimum absolute atomic E-state index is 0.403. The molecule has 0 saturated carbocycles. The molecule has 3 nitrogen and oxygen atoms in total. The van der Waals surface area contributed by atoms with Gasteiger partial charge in [-0.15, -0.1) is 0 Å². The van der Waals surface area contributed by atoms with E-state index >= 15 is 0 Å². The van der Waals surface area contributed by atoms with E-state index in [1.807, 2.05) is 20.3 Å². The monoisotopic (exact) mass is 243 g/mol. The Bertz CT molecular complexity index is 559. The van der Waals surface area contributed by atoms with E-state index in [0.717, 1.165) is 11.5 Å². The van der Waals surface area contributed by atoms with Crippen molar-refractivity contribution in [1.29, 1.82) is 0 Å². The standard InChI is InChI=1S/C15H21N3/c1-10(2)17-13-9-16-15(18(4)5)14-11(3)7-6-8-12(13)14/h6-10,17H,1-5H3. The van der Waals surface area contributed by atoms with Crippen LogP contribution < -0.4 is 10.2 Å². The van der Waals surface area contributed by atoms with Crippen molar-refractivity contribution < 1.29 is 0 Å². The van der Waals surface area contributed by atoms with E-state index in [1.165, 1.54) is 16.3 Å². The van der Waals surface area contributed by atoms with Crippen LogP contribution in [0.3, 0.4) is 0 Å². The van der Waals surface area contributed by atoms with Crippen LogP contribution in [0.2, 0.25) is 0 Å². The minimum atomic E-state index is 0.403. The lowest BCUT2D eigenvalue weighted by Crippen LogP contribution is -2.14. The maximum absolute atomic E-state index is 4.58. The van der Waals surface area contributed by atoms with Crippen molar-refractivity contribution in [2.75, 3.05) is 24.3 Å². The van der Waals surface area contributed by atoms with Crippen molar-refractivity contribution in [2.24, 2.45) is 0 Å². The highest BCUT2D eigenvalue weighted by molar-refractivity contribution is 6.02. The molecule has 0 amide bonds. The molecule has 18 heavy (non-hydrogen) atoms. The normalized spacial score (nSPS) is 11.0. The fourth-order valence-corrected chi connectivity index (χ4v) is 2.21. The van der Waals surface area contributed by atoms with E-state index in [1.54, 1.807) is 0 Å². The molecule has 1 aromatic heterocycles. The van der Waals surface area contributed by atoms with Crippen LogP contribution >= 0.6 is 0 Å². The maximum atomic E-state index is 4.58. The van der Waals surface area contributed by atoms with E-state index < -0.39 is 0 Å². The van der Waals surface area contributed by atoms with Crippen LogP contribution in [-0.2, 0) is 0 Å². The van der Waals surface area contributed by atoms with E-state index in [2.05, 4.69) is 54.2 Å². The zero-order chi connectivity index (χ0) is 13.3. The van der Waals surface area contributed by atoms with Crippen LogP contribution in [0.15, 0.2) is 24.4 Å². The SMILES string of the molecule is Cc1cccc2c(NC(C)C)cnc(N(C)C)c12. The van der Waals surface area contributed by atoms with Crippen LogP contribution in [0.5, 0.6) is 0 Å². The second-order valence-corrected chi connectivity index (χ2v) is 5.19. The lowest BCUT2D eigenvalue weighted by molar-refractivity contribution is 0.899. The first-order valence-electron chi connectivity index (χ1n) is 6.33. The van der Waals surface area contributed by atoms with Crippen molar-refractivity contribution in [2.45, 2.75) is 26.8 Å². The highest BCUT2D eigenvalue weighted by Crippen LogP contribution is 2.31. The second kappa shape index (κ2) is 4.84. The number of hydrogen-bond acceptors (Lipinski definition) is 3. The Morgan fingerprint density at radius 3 is 2.56 bits per heavy atom. The Morgan fingerprint density at radius 2 is 1.94 bits per heavy atom. The lowest BCUT2D eigenvalue weighted by Gasteiger charge is -2.19. The first-order valence-corrected chi connectivity index (χ1v) is 6.33. The molecule has 0 unspecified atom stereocenters. The average Bonchev–Trinajstić information content (AvgIpc) is 2.29. The van der Waals surface area contributed by atoms with Crippen LogP contribution in [0, 0.1) is 6.92 Å². The molecule has 0 radical (unpaired) electrons. The molecule has 0 atom stereocenters. The Labute approximate surface area is 109 Å². The number of pyridine rings is 1. The van der Waals surface area contributed by atoms with Gasteiger partial charge in [0.05, 0.1) is 11.9 Å². The van der Waals surface area contributed by atoms with Gasteiger partial charge < -0.3 is 10.2 Å². The molecule has 0 aliphatic heterocycles. The summed E-state index contributed by atoms with van der Waals surface area (Å²) in [4.78, 5) is 6.65. The van der Waals surface area contributed by atoms with Gasteiger partial charge in [-0.2, -0.15) is 0 Å². The number of fused-ring (bicyclic) bond motifs is 1. The average molecular weight is 243 g/mol. The summed E-state index contributed by atoms with van der Waals surface area (Å²) in [5.74, 6) is 1.03. The van der Waals surface area contributed by atoms with Crippen molar-refractivity contribution in [3.63, 3.8) is 0 Å². The fraction of sp³-hybridized carbons (Fsp3) is 0.400. The fourth-order valence-electron chi connectivity index (χ4n) is 2.21. The summed E-state index contributed by atoms with van der Waals surface area (Å²) in [5.41, 5.74) is 2.37. The summed E-state index contributed by atoms with van der Waals surface area (Å²) in [6.45, 7) is 6.42. The highest BCUT2D eigenvalue weighted by atomic mass is 15.1. The smallest absolute Gasteiger partial charge is 0.136 e. The molecular formula is C15H21N3. The van der Waals surface area contributed by atoms with Gasteiger partial charge >= 0.3 is 0 Å². The number of benzene rings is 1. The third-order valence-electron chi connectivity index (χ3n) is 2.97. The number of nitrogens with one attached hydrogen (secondary N) is 1. The van der Waals surface area contributed by atoms with Gasteiger partial charge in [0, 0.05) is 30.9 Å². The van der Waals surface area contributed by atoms with Gasteiger partial charge in [0.2, 0.25) is 0 Å². The molecule has 2 aromatic rings. The van der Waals surface area contributed by atoms with Crippen molar-refractivity contribution in [3.8, 4) is 0 Å². The summed E-state index contributed by atoms with van der Waals surface area (Å²) < 4.78 is 0. The van der Waals surface area contributed by atoms with Crippen LogP contribution in [-0.4, -0.2) is 25.1 Å². The number of aromatic nitrogens is 1. The molecule has 1 aromatic carbocycles. The summed E-state index contributed by atoms with van der Waals surface area (Å²) in [7, 11) is 4.06. The molecule has 0 aliphatic carbocycles. The van der Waals surface area contributed by atoms with Gasteiger partial charge in [0.1, 0.15) is 5.82 Å². The summed E-state index contributed by atoms with van der Waals surface area (Å²) >= 11 is 0. The number of aryl methyl sites for hydroxylation is 1. The number of rotatable bonds is 3. The van der Waals surface area contributed by atoms with E-state index in [9.17, 15) is 0 Å². The van der Waals surface area contributed by atoms with Crippen molar-refractivity contribution in [3.05, 3.63) is 30.0 Å². The van der Waals surface area contributed by atoms with Gasteiger partial charge in [0.25, 0.3) is 0 Å². The largest absolute Gasteiger partial charge is 0.381 e. The molecule has 0 spiro atoms. The summed E-state index contributed by atoms with van der Waals surface area (Å²) in [5, 5.41) is 5.93. The molecule has 0 bridgehead atoms. The molecule has 1 N–H and O–H groups in total. The van der Waals surface area contributed by atoms with Gasteiger partial charge in [-0.3, -0.25) is 0 Å². The van der Waals surface area contributed by atoms with Crippen molar-refractivity contribution >= 4 is 22.3 Å². The third-order valence-corrected chi connectivity index (χ3v) is 2.97. The molecule has 3 heteroatoms. The Kier molecular flexibility index (Phi) is 3.41. The van der Waals surface area contributed by atoms with Crippen LogP contribution in [0.1, 0.15) is 19.4 Å². The number of hydrogen-bond donors (Lipinski definition) is 1. The van der Waals surface area contributed by atoms with E-state index in [0.29, 0.717) is 6.04 Å². The highest BCUT2D eigenvalue weighted by Gasteiger charge is 2.11. The quantitative estimate of drug-likeness (QED) is 0.895. The van der Waals surface area contributed by atoms with E-state index in [4.69, 9.17) is 0 Å². The maximum Gasteiger partial charge on any atom is 0.136 e. The summed E-state index contributed by atoms with van der Waals surface area (Å²) in [6.07, 6.45) is 1.93. The molecule has 0 saturated heterocycles. The molecular weight excluding hydrogens is 222 g/mol. The zero-order valence-electron chi connectivity index (χ0n) is 11.8. The minimum Gasteiger partial charge on any atom is -0.381 e. The Morgan fingerprint density at radius 1 is 1.22 bits per heavy atom. The zero-order valence-corrected chi connectivity index (χ0v) is 11.8. The van der Waals surface area contributed by atoms with Gasteiger partial charge in [-0.05, 0) is 26.3 Å². The molecule has 96 valence electrons. The predicted molar refractivity (Wildman–Crippen MR) is 79.6 cm³/mol. The third kappa shape index (κ3) is 2.26. The molecule has 2 rings (SSSR count). The molecule has 0 fully saturated rings. The Hall–Kier alpha value is -1.77. The van der Waals surface area contributed by atoms with Gasteiger partial charge in [-0.25, -0.2) is 4.98 Å². The van der Waals surface area contributed by atoms with Gasteiger partial charge in [0.15, 0.2) is 0 Å². The van der Waals surface area contributed by atoms with Crippen LogP contribution in [0.4, 0.5) is 11.5 Å². The first-order chi connectivity index (χ1) is 8.50. The summed E-state index contributed by atoms with van der Waals surface area (Å²) in [6, 6.07) is 6.79. The number of nitrogens with zero attached hydrogens (tertiary/aromatic N) is 2. The van der Waals surface area contributed by atoms with Gasteiger partial charge in [-0.1, -0.05) is 18.2 Å².